The maximum Gasteiger partial charge on any atom is 0.416 e. The van der Waals surface area contributed by atoms with E-state index in [9.17, 15) is 13.2 Å². The number of aromatic nitrogens is 1. The lowest BCUT2D eigenvalue weighted by atomic mass is 10.0. The highest BCUT2D eigenvalue weighted by Crippen LogP contribution is 2.30. The molecule has 8 heteroatoms. The van der Waals surface area contributed by atoms with Crippen molar-refractivity contribution in [2.24, 2.45) is 16.6 Å². The van der Waals surface area contributed by atoms with E-state index < -0.39 is 11.7 Å². The quantitative estimate of drug-likeness (QED) is 0.469. The monoisotopic (exact) mass is 414 g/mol. The number of alkyl halides is 3. The number of thiazole rings is 1. The lowest BCUT2D eigenvalue weighted by Crippen LogP contribution is -2.16. The van der Waals surface area contributed by atoms with Crippen LogP contribution in [0.25, 0.3) is 0 Å². The zero-order chi connectivity index (χ0) is 21.2. The third-order valence-electron chi connectivity index (χ3n) is 4.30. The first-order chi connectivity index (χ1) is 13.2. The van der Waals surface area contributed by atoms with Gasteiger partial charge >= 0.3 is 6.18 Å². The van der Waals surface area contributed by atoms with E-state index in [4.69, 9.17) is 5.73 Å². The Morgan fingerprint density at radius 2 is 2.07 bits per heavy atom. The molecule has 0 saturated heterocycles. The molecule has 3 N–H and O–H groups in total. The average Bonchev–Trinajstić information content (AvgIpc) is 3.17. The van der Waals surface area contributed by atoms with Gasteiger partial charge in [0.1, 0.15) is 5.84 Å². The number of anilines is 1. The molecule has 0 spiro atoms. The molecule has 1 aromatic carbocycles. The summed E-state index contributed by atoms with van der Waals surface area (Å²) in [6.07, 6.45) is 1.02. The van der Waals surface area contributed by atoms with Gasteiger partial charge in [-0.25, -0.2) is 4.98 Å². The normalized spacial score (nSPS) is 12.9. The van der Waals surface area contributed by atoms with Gasteiger partial charge < -0.3 is 11.1 Å². The molecule has 0 fully saturated rings. The van der Waals surface area contributed by atoms with E-state index in [1.807, 2.05) is 0 Å². The molecule has 0 aliphatic heterocycles. The van der Waals surface area contributed by atoms with Crippen LogP contribution in [0.4, 0.5) is 18.3 Å². The van der Waals surface area contributed by atoms with Crippen LogP contribution >= 0.6 is 11.3 Å². The summed E-state index contributed by atoms with van der Waals surface area (Å²) in [4.78, 5) is 8.06. The van der Waals surface area contributed by atoms with Crippen molar-refractivity contribution in [2.45, 2.75) is 46.2 Å². The lowest BCUT2D eigenvalue weighted by Gasteiger charge is -2.13. The van der Waals surface area contributed by atoms with Crippen LogP contribution in [0.2, 0.25) is 0 Å². The number of hydrogen-bond donors (Lipinski definition) is 2. The molecular weight excluding hydrogens is 385 g/mol. The molecule has 1 aromatic heterocycles. The van der Waals surface area contributed by atoms with Gasteiger partial charge in [0.05, 0.1) is 5.56 Å². The summed E-state index contributed by atoms with van der Waals surface area (Å²) in [6.45, 7) is 7.09. The second-order valence-corrected chi connectivity index (χ2v) is 7.40. The summed E-state index contributed by atoms with van der Waals surface area (Å²) in [5, 5.41) is 5.29. The molecule has 2 aromatic rings. The Morgan fingerprint density at radius 1 is 1.36 bits per heavy atom. The molecule has 0 radical (unpaired) electrons. The summed E-state index contributed by atoms with van der Waals surface area (Å²) in [5.41, 5.74) is 5.76. The van der Waals surface area contributed by atoms with Crippen molar-refractivity contribution < 1.29 is 13.2 Å². The van der Waals surface area contributed by atoms with Crippen molar-refractivity contribution >= 4 is 22.3 Å². The number of benzene rings is 1. The minimum absolute atomic E-state index is 0.364. The van der Waals surface area contributed by atoms with E-state index in [1.165, 1.54) is 43.7 Å². The van der Waals surface area contributed by atoms with E-state index in [1.54, 1.807) is 18.5 Å². The second-order valence-electron chi connectivity index (χ2n) is 6.51. The molecule has 1 heterocycles. The minimum atomic E-state index is -4.37. The molecule has 0 aliphatic rings. The van der Waals surface area contributed by atoms with Crippen LogP contribution in [-0.2, 0) is 6.18 Å². The van der Waals surface area contributed by atoms with Gasteiger partial charge in [0.15, 0.2) is 5.13 Å². The molecule has 0 aliphatic carbocycles. The summed E-state index contributed by atoms with van der Waals surface area (Å²) >= 11 is 1.35. The Balaban J connectivity index is 0.000000416. The summed E-state index contributed by atoms with van der Waals surface area (Å²) in [5.74, 6) is 1.24. The van der Waals surface area contributed by atoms with Gasteiger partial charge in [-0.3, -0.25) is 4.99 Å². The van der Waals surface area contributed by atoms with Crippen molar-refractivity contribution in [3.8, 4) is 0 Å². The predicted molar refractivity (Wildman–Crippen MR) is 112 cm³/mol. The van der Waals surface area contributed by atoms with Crippen LogP contribution in [0.1, 0.15) is 49.8 Å². The Kier molecular flexibility index (Phi) is 10.2. The predicted octanol–water partition coefficient (Wildman–Crippen LogP) is 5.73. The molecule has 0 amide bonds. The van der Waals surface area contributed by atoms with Crippen LogP contribution in [0, 0.1) is 12.8 Å². The molecule has 1 atom stereocenters. The number of halogens is 3. The standard InChI is InChI=1S/C13H12F3N3S.C7H17N/c1-8-3-4-9(13(14,15)16)7-10(8)11(17-2)19-12-18-5-6-20-12;1-3-7(2)5-4-6-8/h3-7H,1-2H3,(H,17,18,19);7H,3-6,8H2,1-2H3. The molecule has 4 nitrogen and oxygen atoms in total. The number of nitrogens with two attached hydrogens (primary N) is 1. The minimum Gasteiger partial charge on any atom is -0.330 e. The van der Waals surface area contributed by atoms with E-state index in [-0.39, 0.29) is 0 Å². The first-order valence-electron chi connectivity index (χ1n) is 9.24. The van der Waals surface area contributed by atoms with Gasteiger partial charge in [0.25, 0.3) is 0 Å². The van der Waals surface area contributed by atoms with Crippen molar-refractivity contribution in [3.05, 3.63) is 46.5 Å². The van der Waals surface area contributed by atoms with Crippen LogP contribution in [0.15, 0.2) is 34.8 Å². The maximum absolute atomic E-state index is 12.8. The molecule has 1 unspecified atom stereocenters. The van der Waals surface area contributed by atoms with E-state index in [2.05, 4.69) is 29.1 Å². The van der Waals surface area contributed by atoms with Crippen LogP contribution in [0.5, 0.6) is 0 Å². The smallest absolute Gasteiger partial charge is 0.330 e. The van der Waals surface area contributed by atoms with Gasteiger partial charge in [-0.2, -0.15) is 13.2 Å². The second kappa shape index (κ2) is 11.8. The first kappa shape index (κ1) is 24.1. The summed E-state index contributed by atoms with van der Waals surface area (Å²) in [6, 6.07) is 3.60. The van der Waals surface area contributed by atoms with Crippen LogP contribution < -0.4 is 11.1 Å². The molecule has 156 valence electrons. The highest BCUT2D eigenvalue weighted by atomic mass is 32.1. The summed E-state index contributed by atoms with van der Waals surface area (Å²) < 4.78 is 38.3. The first-order valence-corrected chi connectivity index (χ1v) is 10.1. The van der Waals surface area contributed by atoms with Gasteiger partial charge in [0.2, 0.25) is 0 Å². The Labute approximate surface area is 169 Å². The Hall–Kier alpha value is -1.93. The van der Waals surface area contributed by atoms with E-state index in [0.29, 0.717) is 22.1 Å². The van der Waals surface area contributed by atoms with Gasteiger partial charge in [0, 0.05) is 24.2 Å². The number of rotatable bonds is 6. The summed E-state index contributed by atoms with van der Waals surface area (Å²) in [7, 11) is 1.52. The third-order valence-corrected chi connectivity index (χ3v) is 4.99. The van der Waals surface area contributed by atoms with E-state index >= 15 is 0 Å². The maximum atomic E-state index is 12.8. The topological polar surface area (TPSA) is 63.3 Å². The highest BCUT2D eigenvalue weighted by molar-refractivity contribution is 7.13. The number of aryl methyl sites for hydroxylation is 1. The van der Waals surface area contributed by atoms with Crippen molar-refractivity contribution in [1.29, 1.82) is 0 Å². The zero-order valence-corrected chi connectivity index (χ0v) is 17.6. The number of amidine groups is 1. The SMILES string of the molecule is CCC(C)CCCN.CN=C(Nc1nccs1)c1cc(C(F)(F)F)ccc1C. The molecular formula is C20H29F3N4S. The average molecular weight is 415 g/mol. The fourth-order valence-corrected chi connectivity index (χ4v) is 2.88. The zero-order valence-electron chi connectivity index (χ0n) is 16.8. The Bertz CT molecular complexity index is 728. The van der Waals surface area contributed by atoms with Crippen molar-refractivity contribution in [1.82, 2.24) is 4.98 Å². The number of aliphatic imine (C=N–C) groups is 1. The van der Waals surface area contributed by atoms with Gasteiger partial charge in [-0.1, -0.05) is 26.3 Å². The largest absolute Gasteiger partial charge is 0.416 e. The fourth-order valence-electron chi connectivity index (χ4n) is 2.35. The molecule has 0 bridgehead atoms. The van der Waals surface area contributed by atoms with E-state index in [0.717, 1.165) is 24.6 Å². The number of hydrogen-bond acceptors (Lipinski definition) is 4. The number of nitrogens with one attached hydrogen (secondary N) is 1. The van der Waals surface area contributed by atoms with Crippen LogP contribution in [0.3, 0.4) is 0 Å². The van der Waals surface area contributed by atoms with Crippen molar-refractivity contribution in [3.63, 3.8) is 0 Å². The number of nitrogens with zero attached hydrogens (tertiary/aromatic N) is 2. The van der Waals surface area contributed by atoms with Gasteiger partial charge in [-0.15, -0.1) is 11.3 Å². The molecule has 0 saturated carbocycles. The lowest BCUT2D eigenvalue weighted by molar-refractivity contribution is -0.137. The molecule has 2 rings (SSSR count). The van der Waals surface area contributed by atoms with Crippen molar-refractivity contribution in [2.75, 3.05) is 18.9 Å². The van der Waals surface area contributed by atoms with Gasteiger partial charge in [-0.05, 0) is 49.9 Å². The molecule has 28 heavy (non-hydrogen) atoms. The fraction of sp³-hybridized carbons (Fsp3) is 0.500. The highest BCUT2D eigenvalue weighted by Gasteiger charge is 2.31. The van der Waals surface area contributed by atoms with Crippen LogP contribution in [-0.4, -0.2) is 24.4 Å². The Morgan fingerprint density at radius 3 is 2.57 bits per heavy atom. The third kappa shape index (κ3) is 7.98.